The molecule has 2 aromatic heterocycles. The molecule has 0 N–H and O–H groups in total. The molecule has 0 aliphatic heterocycles. The fourth-order valence-electron chi connectivity index (χ4n) is 1.64. The summed E-state index contributed by atoms with van der Waals surface area (Å²) in [6.45, 7) is 0. The summed E-state index contributed by atoms with van der Waals surface area (Å²) >= 11 is 5.85. The number of pyridine rings is 1. The van der Waals surface area contributed by atoms with E-state index in [1.807, 2.05) is 48.7 Å². The zero-order valence-electron chi connectivity index (χ0n) is 8.92. The molecule has 0 unspecified atom stereocenters. The zero-order valence-corrected chi connectivity index (χ0v) is 9.67. The lowest BCUT2D eigenvalue weighted by molar-refractivity contribution is -0.583. The van der Waals surface area contributed by atoms with E-state index in [2.05, 4.69) is 10.1 Å². The van der Waals surface area contributed by atoms with Gasteiger partial charge in [-0.2, -0.15) is 0 Å². The van der Waals surface area contributed by atoms with E-state index >= 15 is 0 Å². The Bertz CT molecular complexity index is 665. The van der Waals surface area contributed by atoms with Gasteiger partial charge in [0, 0.05) is 16.7 Å². The SMILES string of the molecule is Clc1ccc(-c2cn[n+]3ccccc3n2)cc1. The van der Waals surface area contributed by atoms with E-state index in [1.165, 1.54) is 0 Å². The average Bonchev–Trinajstić information content (AvgIpc) is 2.39. The average molecular weight is 243 g/mol. The minimum absolute atomic E-state index is 0.719. The van der Waals surface area contributed by atoms with Crippen molar-refractivity contribution in [1.82, 2.24) is 10.1 Å². The molecule has 4 heteroatoms. The van der Waals surface area contributed by atoms with Gasteiger partial charge in [-0.25, -0.2) is 0 Å². The predicted molar refractivity (Wildman–Crippen MR) is 65.6 cm³/mol. The van der Waals surface area contributed by atoms with Crippen LogP contribution in [0.2, 0.25) is 5.02 Å². The van der Waals surface area contributed by atoms with Gasteiger partial charge in [0.05, 0.1) is 0 Å². The summed E-state index contributed by atoms with van der Waals surface area (Å²) in [5.41, 5.74) is 2.67. The third-order valence-corrected chi connectivity index (χ3v) is 2.75. The number of aromatic nitrogens is 3. The molecule has 0 aliphatic rings. The lowest BCUT2D eigenvalue weighted by Gasteiger charge is -1.96. The summed E-state index contributed by atoms with van der Waals surface area (Å²) in [4.78, 5) is 4.53. The molecule has 17 heavy (non-hydrogen) atoms. The molecule has 3 nitrogen and oxygen atoms in total. The van der Waals surface area contributed by atoms with E-state index in [-0.39, 0.29) is 0 Å². The third kappa shape index (κ3) is 1.97. The fraction of sp³-hybridized carbons (Fsp3) is 0. The normalized spacial score (nSPS) is 10.6. The molecule has 0 aliphatic carbocycles. The third-order valence-electron chi connectivity index (χ3n) is 2.50. The van der Waals surface area contributed by atoms with Crippen LogP contribution in [0.4, 0.5) is 0 Å². The van der Waals surface area contributed by atoms with E-state index in [9.17, 15) is 0 Å². The Morgan fingerprint density at radius 1 is 1.00 bits per heavy atom. The van der Waals surface area contributed by atoms with Gasteiger partial charge >= 0.3 is 5.65 Å². The van der Waals surface area contributed by atoms with Crippen molar-refractivity contribution in [1.29, 1.82) is 0 Å². The maximum Gasteiger partial charge on any atom is 0.348 e. The highest BCUT2D eigenvalue weighted by atomic mass is 35.5. The molecular formula is C13H9ClN3+. The van der Waals surface area contributed by atoms with Gasteiger partial charge < -0.3 is 0 Å². The molecular weight excluding hydrogens is 234 g/mol. The van der Waals surface area contributed by atoms with Crippen molar-refractivity contribution >= 4 is 17.2 Å². The lowest BCUT2D eigenvalue weighted by atomic mass is 10.2. The van der Waals surface area contributed by atoms with Crippen LogP contribution >= 0.6 is 11.6 Å². The number of halogens is 1. The van der Waals surface area contributed by atoms with E-state index in [0.717, 1.165) is 21.9 Å². The molecule has 0 spiro atoms. The van der Waals surface area contributed by atoms with Crippen LogP contribution in [0.15, 0.2) is 54.9 Å². The van der Waals surface area contributed by atoms with Crippen molar-refractivity contribution in [3.8, 4) is 11.3 Å². The molecule has 0 fully saturated rings. The monoisotopic (exact) mass is 242 g/mol. The van der Waals surface area contributed by atoms with Crippen molar-refractivity contribution in [2.24, 2.45) is 0 Å². The fourth-order valence-corrected chi connectivity index (χ4v) is 1.77. The molecule has 3 aromatic rings. The van der Waals surface area contributed by atoms with Crippen LogP contribution in [0.1, 0.15) is 0 Å². The van der Waals surface area contributed by atoms with Gasteiger partial charge in [0.1, 0.15) is 12.4 Å². The second-order valence-electron chi connectivity index (χ2n) is 3.65. The first-order chi connectivity index (χ1) is 8.33. The Kier molecular flexibility index (Phi) is 2.46. The number of hydrogen-bond acceptors (Lipinski definition) is 2. The van der Waals surface area contributed by atoms with Crippen LogP contribution < -0.4 is 4.52 Å². The molecule has 0 saturated carbocycles. The summed E-state index contributed by atoms with van der Waals surface area (Å²) < 4.78 is 1.74. The van der Waals surface area contributed by atoms with Gasteiger partial charge in [-0.15, -0.1) is 4.52 Å². The van der Waals surface area contributed by atoms with Gasteiger partial charge in [0.2, 0.25) is 5.69 Å². The van der Waals surface area contributed by atoms with Crippen LogP contribution in [-0.2, 0) is 0 Å². The van der Waals surface area contributed by atoms with E-state index in [1.54, 1.807) is 10.7 Å². The van der Waals surface area contributed by atoms with Crippen LogP contribution in [-0.4, -0.2) is 10.1 Å². The molecule has 82 valence electrons. The molecule has 3 rings (SSSR count). The van der Waals surface area contributed by atoms with Crippen molar-refractivity contribution in [2.45, 2.75) is 0 Å². The molecule has 0 radical (unpaired) electrons. The Morgan fingerprint density at radius 2 is 1.82 bits per heavy atom. The zero-order chi connectivity index (χ0) is 11.7. The van der Waals surface area contributed by atoms with Gasteiger partial charge in [-0.05, 0) is 35.3 Å². The summed E-state index contributed by atoms with van der Waals surface area (Å²) in [6.07, 6.45) is 3.62. The Labute approximate surface area is 103 Å². The van der Waals surface area contributed by atoms with Crippen molar-refractivity contribution in [3.05, 3.63) is 59.9 Å². The molecule has 0 amide bonds. The smallest absolute Gasteiger partial charge is 0.102 e. The van der Waals surface area contributed by atoms with E-state index in [0.29, 0.717) is 0 Å². The highest BCUT2D eigenvalue weighted by Gasteiger charge is 2.09. The largest absolute Gasteiger partial charge is 0.348 e. The number of fused-ring (bicyclic) bond motifs is 1. The maximum absolute atomic E-state index is 5.85. The number of benzene rings is 1. The summed E-state index contributed by atoms with van der Waals surface area (Å²) in [5, 5.41) is 5.02. The Balaban J connectivity index is 2.14. The molecule has 1 aromatic carbocycles. The van der Waals surface area contributed by atoms with Crippen LogP contribution in [0.5, 0.6) is 0 Å². The molecule has 0 saturated heterocycles. The van der Waals surface area contributed by atoms with Gasteiger partial charge in [-0.3, -0.25) is 0 Å². The van der Waals surface area contributed by atoms with Crippen molar-refractivity contribution < 1.29 is 4.52 Å². The number of rotatable bonds is 1. The highest BCUT2D eigenvalue weighted by Crippen LogP contribution is 2.18. The minimum atomic E-state index is 0.719. The minimum Gasteiger partial charge on any atom is -0.102 e. The predicted octanol–water partition coefficient (Wildman–Crippen LogP) is 2.54. The van der Waals surface area contributed by atoms with Crippen molar-refractivity contribution in [3.63, 3.8) is 0 Å². The topological polar surface area (TPSA) is 29.9 Å². The van der Waals surface area contributed by atoms with E-state index < -0.39 is 0 Å². The summed E-state index contributed by atoms with van der Waals surface area (Å²) in [6, 6.07) is 13.4. The quantitative estimate of drug-likeness (QED) is 0.614. The second-order valence-corrected chi connectivity index (χ2v) is 4.09. The standard InChI is InChI=1S/C13H9ClN3/c14-11-6-4-10(5-7-11)12-9-15-17-8-2-1-3-13(17)16-12/h1-9H/q+1. The maximum atomic E-state index is 5.85. The van der Waals surface area contributed by atoms with Crippen LogP contribution in [0.25, 0.3) is 16.9 Å². The lowest BCUT2D eigenvalue weighted by Crippen LogP contribution is -2.26. The number of nitrogens with zero attached hydrogens (tertiary/aromatic N) is 3. The van der Waals surface area contributed by atoms with Gasteiger partial charge in [0.15, 0.2) is 0 Å². The number of hydrogen-bond donors (Lipinski definition) is 0. The second kappa shape index (κ2) is 4.11. The van der Waals surface area contributed by atoms with Crippen molar-refractivity contribution in [2.75, 3.05) is 0 Å². The molecule has 0 atom stereocenters. The van der Waals surface area contributed by atoms with Crippen LogP contribution in [0.3, 0.4) is 0 Å². The van der Waals surface area contributed by atoms with Crippen LogP contribution in [0, 0.1) is 0 Å². The summed E-state index contributed by atoms with van der Waals surface area (Å²) in [5.74, 6) is 0. The van der Waals surface area contributed by atoms with Gasteiger partial charge in [0.25, 0.3) is 0 Å². The Morgan fingerprint density at radius 3 is 2.65 bits per heavy atom. The van der Waals surface area contributed by atoms with E-state index in [4.69, 9.17) is 11.6 Å². The first-order valence-electron chi connectivity index (χ1n) is 5.22. The first-order valence-corrected chi connectivity index (χ1v) is 5.60. The first kappa shape index (κ1) is 10.2. The molecule has 2 heterocycles. The van der Waals surface area contributed by atoms with Gasteiger partial charge in [-0.1, -0.05) is 22.8 Å². The Hall–Kier alpha value is -2.00. The highest BCUT2D eigenvalue weighted by molar-refractivity contribution is 6.30. The summed E-state index contributed by atoms with van der Waals surface area (Å²) in [7, 11) is 0. The molecule has 0 bridgehead atoms.